The van der Waals surface area contributed by atoms with Crippen LogP contribution in [0.1, 0.15) is 23.2 Å². The van der Waals surface area contributed by atoms with Crippen molar-refractivity contribution in [2.24, 2.45) is 5.92 Å². The van der Waals surface area contributed by atoms with E-state index in [1.165, 1.54) is 0 Å². The molecule has 2 N–H and O–H groups in total. The van der Waals surface area contributed by atoms with Crippen LogP contribution in [0.15, 0.2) is 18.3 Å². The van der Waals surface area contributed by atoms with Crippen molar-refractivity contribution in [1.29, 1.82) is 0 Å². The quantitative estimate of drug-likeness (QED) is 0.822. The van der Waals surface area contributed by atoms with E-state index in [4.69, 9.17) is 9.47 Å². The van der Waals surface area contributed by atoms with Gasteiger partial charge in [-0.15, -0.1) is 0 Å². The van der Waals surface area contributed by atoms with Gasteiger partial charge in [0.05, 0.1) is 5.52 Å². The number of nitrogens with one attached hydrogen (secondary N) is 2. The first-order valence-electron chi connectivity index (χ1n) is 6.98. The number of benzene rings is 1. The molecule has 20 heavy (non-hydrogen) atoms. The van der Waals surface area contributed by atoms with E-state index in [1.54, 1.807) is 0 Å². The normalized spacial score (nSPS) is 18.6. The van der Waals surface area contributed by atoms with Crippen molar-refractivity contribution in [2.45, 2.75) is 12.8 Å². The van der Waals surface area contributed by atoms with Gasteiger partial charge in [-0.25, -0.2) is 0 Å². The molecule has 0 atom stereocenters. The lowest BCUT2D eigenvalue weighted by Gasteiger charge is -2.21. The molecule has 0 aliphatic carbocycles. The summed E-state index contributed by atoms with van der Waals surface area (Å²) in [6.45, 7) is 2.09. The number of aromatic nitrogens is 1. The average Bonchev–Trinajstić information content (AvgIpc) is 3.10. The van der Waals surface area contributed by atoms with Crippen molar-refractivity contribution in [1.82, 2.24) is 10.3 Å². The van der Waals surface area contributed by atoms with Gasteiger partial charge in [0.1, 0.15) is 0 Å². The number of carbonyl (C=O) groups is 1. The number of hydrogen-bond donors (Lipinski definition) is 2. The average molecular weight is 272 g/mol. The Balaban J connectivity index is 1.74. The summed E-state index contributed by atoms with van der Waals surface area (Å²) < 4.78 is 10.8. The lowest BCUT2D eigenvalue weighted by Crippen LogP contribution is -2.31. The number of piperidine rings is 1. The number of ketones is 1. The second-order valence-corrected chi connectivity index (χ2v) is 5.34. The molecule has 0 saturated carbocycles. The Kier molecular flexibility index (Phi) is 2.67. The molecule has 5 nitrogen and oxygen atoms in total. The molecule has 0 spiro atoms. The Morgan fingerprint density at radius 2 is 1.90 bits per heavy atom. The zero-order chi connectivity index (χ0) is 13.5. The summed E-state index contributed by atoms with van der Waals surface area (Å²) in [7, 11) is 0. The first-order chi connectivity index (χ1) is 9.83. The highest BCUT2D eigenvalue weighted by molar-refractivity contribution is 6.09. The van der Waals surface area contributed by atoms with Gasteiger partial charge >= 0.3 is 0 Å². The van der Waals surface area contributed by atoms with Crippen LogP contribution < -0.4 is 14.8 Å². The number of ether oxygens (including phenoxy) is 2. The highest BCUT2D eigenvalue weighted by Gasteiger charge is 2.25. The smallest absolute Gasteiger partial charge is 0.231 e. The lowest BCUT2D eigenvalue weighted by atomic mass is 9.89. The summed E-state index contributed by atoms with van der Waals surface area (Å²) in [5, 5.41) is 4.22. The number of hydrogen-bond acceptors (Lipinski definition) is 4. The molecular weight excluding hydrogens is 256 g/mol. The molecule has 2 aliphatic rings. The van der Waals surface area contributed by atoms with E-state index in [9.17, 15) is 4.79 Å². The van der Waals surface area contributed by atoms with E-state index in [-0.39, 0.29) is 18.5 Å². The third kappa shape index (κ3) is 1.78. The van der Waals surface area contributed by atoms with E-state index < -0.39 is 0 Å². The van der Waals surface area contributed by atoms with Gasteiger partial charge in [-0.1, -0.05) is 0 Å². The number of H-pyrrole nitrogens is 1. The maximum atomic E-state index is 12.7. The minimum Gasteiger partial charge on any atom is -0.454 e. The summed E-state index contributed by atoms with van der Waals surface area (Å²) >= 11 is 0. The Bertz CT molecular complexity index is 671. The van der Waals surface area contributed by atoms with Gasteiger partial charge in [-0.05, 0) is 32.0 Å². The zero-order valence-electron chi connectivity index (χ0n) is 11.1. The van der Waals surface area contributed by atoms with Gasteiger partial charge in [-0.2, -0.15) is 0 Å². The van der Waals surface area contributed by atoms with Gasteiger partial charge in [0.25, 0.3) is 0 Å². The van der Waals surface area contributed by atoms with Gasteiger partial charge in [0.15, 0.2) is 17.3 Å². The largest absolute Gasteiger partial charge is 0.454 e. The Morgan fingerprint density at radius 3 is 2.70 bits per heavy atom. The lowest BCUT2D eigenvalue weighted by molar-refractivity contribution is 0.0897. The summed E-state index contributed by atoms with van der Waals surface area (Å²) in [5.41, 5.74) is 1.69. The molecule has 5 heteroatoms. The van der Waals surface area contributed by atoms with Crippen LogP contribution in [0.2, 0.25) is 0 Å². The molecule has 104 valence electrons. The van der Waals surface area contributed by atoms with E-state index >= 15 is 0 Å². The summed E-state index contributed by atoms with van der Waals surface area (Å²) in [5.74, 6) is 1.81. The molecule has 2 aliphatic heterocycles. The fourth-order valence-corrected chi connectivity index (χ4v) is 3.02. The molecule has 4 rings (SSSR count). The molecule has 0 bridgehead atoms. The highest BCUT2D eigenvalue weighted by atomic mass is 16.7. The summed E-state index contributed by atoms with van der Waals surface area (Å²) in [4.78, 5) is 15.8. The predicted molar refractivity (Wildman–Crippen MR) is 74.3 cm³/mol. The second kappa shape index (κ2) is 4.52. The highest BCUT2D eigenvalue weighted by Crippen LogP contribution is 2.37. The predicted octanol–water partition coefficient (Wildman–Crippen LogP) is 2.08. The molecule has 2 aromatic rings. The topological polar surface area (TPSA) is 63.4 Å². The summed E-state index contributed by atoms with van der Waals surface area (Å²) in [6.07, 6.45) is 3.64. The standard InChI is InChI=1S/C15H16N2O3/c18-15(9-1-3-16-4-2-9)11-7-17-12-6-14-13(5-10(11)12)19-8-20-14/h5-7,9,16-17H,1-4,8H2. The summed E-state index contributed by atoms with van der Waals surface area (Å²) in [6, 6.07) is 3.80. The molecule has 1 aromatic carbocycles. The second-order valence-electron chi connectivity index (χ2n) is 5.34. The third-order valence-electron chi connectivity index (χ3n) is 4.15. The van der Waals surface area contributed by atoms with Crippen LogP contribution in [0.5, 0.6) is 11.5 Å². The van der Waals surface area contributed by atoms with Gasteiger partial charge in [0.2, 0.25) is 6.79 Å². The van der Waals surface area contributed by atoms with Crippen LogP contribution in [0.25, 0.3) is 10.9 Å². The first-order valence-corrected chi connectivity index (χ1v) is 6.98. The molecule has 3 heterocycles. The van der Waals surface area contributed by atoms with Crippen LogP contribution in [-0.4, -0.2) is 30.6 Å². The fraction of sp³-hybridized carbons (Fsp3) is 0.400. The fourth-order valence-electron chi connectivity index (χ4n) is 3.02. The van der Waals surface area contributed by atoms with Crippen molar-refractivity contribution >= 4 is 16.7 Å². The van der Waals surface area contributed by atoms with E-state index in [1.807, 2.05) is 18.3 Å². The minimum absolute atomic E-state index is 0.126. The van der Waals surface area contributed by atoms with Crippen molar-refractivity contribution < 1.29 is 14.3 Å². The van der Waals surface area contributed by atoms with Gasteiger partial charge in [0, 0.05) is 29.1 Å². The molecule has 0 unspecified atom stereocenters. The zero-order valence-corrected chi connectivity index (χ0v) is 11.1. The Hall–Kier alpha value is -2.01. The number of aromatic amines is 1. The van der Waals surface area contributed by atoms with Crippen molar-refractivity contribution in [3.63, 3.8) is 0 Å². The molecule has 0 amide bonds. The van der Waals surface area contributed by atoms with Crippen LogP contribution in [0, 0.1) is 5.92 Å². The van der Waals surface area contributed by atoms with Crippen molar-refractivity contribution in [3.05, 3.63) is 23.9 Å². The van der Waals surface area contributed by atoms with Crippen LogP contribution in [-0.2, 0) is 0 Å². The van der Waals surface area contributed by atoms with Gasteiger partial charge in [-0.3, -0.25) is 4.79 Å². The van der Waals surface area contributed by atoms with Crippen LogP contribution in [0.4, 0.5) is 0 Å². The maximum absolute atomic E-state index is 12.7. The van der Waals surface area contributed by atoms with E-state index in [0.29, 0.717) is 0 Å². The van der Waals surface area contributed by atoms with Crippen molar-refractivity contribution in [2.75, 3.05) is 19.9 Å². The molecule has 1 fully saturated rings. The molecule has 1 saturated heterocycles. The molecule has 0 radical (unpaired) electrons. The Morgan fingerprint density at radius 1 is 1.15 bits per heavy atom. The number of Topliss-reactive ketones (excluding diaryl/α,β-unsaturated/α-hetero) is 1. The van der Waals surface area contributed by atoms with E-state index in [0.717, 1.165) is 53.9 Å². The Labute approximate surface area is 116 Å². The van der Waals surface area contributed by atoms with E-state index in [2.05, 4.69) is 10.3 Å². The number of rotatable bonds is 2. The number of carbonyl (C=O) groups excluding carboxylic acids is 1. The number of fused-ring (bicyclic) bond motifs is 2. The van der Waals surface area contributed by atoms with Crippen LogP contribution in [0.3, 0.4) is 0 Å². The monoisotopic (exact) mass is 272 g/mol. The molecular formula is C15H16N2O3. The van der Waals surface area contributed by atoms with Crippen LogP contribution >= 0.6 is 0 Å². The van der Waals surface area contributed by atoms with Crippen molar-refractivity contribution in [3.8, 4) is 11.5 Å². The van der Waals surface area contributed by atoms with Gasteiger partial charge < -0.3 is 19.8 Å². The minimum atomic E-state index is 0.126. The SMILES string of the molecule is O=C(c1c[nH]c2cc3c(cc12)OCO3)C1CCNCC1. The maximum Gasteiger partial charge on any atom is 0.231 e. The molecule has 1 aromatic heterocycles. The first kappa shape index (κ1) is 11.8. The third-order valence-corrected chi connectivity index (χ3v) is 4.15.